The van der Waals surface area contributed by atoms with Crippen LogP contribution in [0, 0.1) is 0 Å². The number of hydrogen-bond donors (Lipinski definition) is 1. The monoisotopic (exact) mass is 334 g/mol. The molecule has 130 valence electrons. The van der Waals surface area contributed by atoms with Crippen molar-refractivity contribution in [2.45, 2.75) is 46.1 Å². The second kappa shape index (κ2) is 7.54. The van der Waals surface area contributed by atoms with Crippen LogP contribution >= 0.6 is 0 Å². The first kappa shape index (κ1) is 16.6. The summed E-state index contributed by atoms with van der Waals surface area (Å²) in [6, 6.07) is 2.03. The Morgan fingerprint density at radius 2 is 2.33 bits per heavy atom. The van der Waals surface area contributed by atoms with E-state index < -0.39 is 0 Å². The number of carbonyl (C=O) groups excluding carboxylic acids is 1. The highest BCUT2D eigenvalue weighted by Gasteiger charge is 2.20. The lowest BCUT2D eigenvalue weighted by molar-refractivity contribution is -0.120. The molecule has 0 radical (unpaired) electrons. The quantitative estimate of drug-likeness (QED) is 0.785. The van der Waals surface area contributed by atoms with E-state index in [1.54, 1.807) is 7.11 Å². The topological polar surface area (TPSA) is 98.3 Å². The standard InChI is InChI=1S/C15H22N6O3/c1-3-14(22)16-7-11-6-12-8-20(4-5-21(12)18-11)9-15-17-13(10-23-2)19-24-15/h6H,3-5,7-10H2,1-2H3,(H,16,22). The SMILES string of the molecule is CCC(=O)NCc1cc2n(n1)CCN(Cc1nc(COC)no1)C2. The van der Waals surface area contributed by atoms with E-state index in [9.17, 15) is 4.79 Å². The summed E-state index contributed by atoms with van der Waals surface area (Å²) in [5.74, 6) is 1.18. The fraction of sp³-hybridized carbons (Fsp3) is 0.600. The van der Waals surface area contributed by atoms with E-state index in [2.05, 4.69) is 25.5 Å². The summed E-state index contributed by atoms with van der Waals surface area (Å²) in [6.07, 6.45) is 0.483. The van der Waals surface area contributed by atoms with Crippen molar-refractivity contribution in [3.8, 4) is 0 Å². The Morgan fingerprint density at radius 3 is 3.12 bits per heavy atom. The zero-order valence-electron chi connectivity index (χ0n) is 14.0. The summed E-state index contributed by atoms with van der Waals surface area (Å²) in [7, 11) is 1.60. The van der Waals surface area contributed by atoms with Gasteiger partial charge in [-0.2, -0.15) is 10.1 Å². The molecule has 0 aliphatic carbocycles. The van der Waals surface area contributed by atoms with Crippen molar-refractivity contribution < 1.29 is 14.1 Å². The Bertz CT molecular complexity index is 695. The van der Waals surface area contributed by atoms with Gasteiger partial charge in [-0.05, 0) is 6.07 Å². The first-order valence-corrected chi connectivity index (χ1v) is 8.03. The van der Waals surface area contributed by atoms with E-state index in [1.165, 1.54) is 0 Å². The third-order valence-corrected chi connectivity index (χ3v) is 3.86. The Balaban J connectivity index is 1.57. The van der Waals surface area contributed by atoms with Gasteiger partial charge in [-0.15, -0.1) is 0 Å². The Labute approximate surface area is 140 Å². The molecule has 3 rings (SSSR count). The van der Waals surface area contributed by atoms with Gasteiger partial charge in [-0.1, -0.05) is 12.1 Å². The molecule has 0 spiro atoms. The van der Waals surface area contributed by atoms with Crippen molar-refractivity contribution in [3.63, 3.8) is 0 Å². The molecule has 1 aliphatic rings. The van der Waals surface area contributed by atoms with E-state index in [0.29, 0.717) is 37.8 Å². The van der Waals surface area contributed by atoms with Crippen LogP contribution in [0.1, 0.15) is 36.4 Å². The molecule has 0 saturated heterocycles. The molecule has 0 bridgehead atoms. The zero-order valence-corrected chi connectivity index (χ0v) is 14.0. The maximum absolute atomic E-state index is 11.3. The molecular formula is C15H22N6O3. The number of aromatic nitrogens is 4. The third-order valence-electron chi connectivity index (χ3n) is 3.86. The van der Waals surface area contributed by atoms with Crippen molar-refractivity contribution in [2.24, 2.45) is 0 Å². The van der Waals surface area contributed by atoms with E-state index in [1.807, 2.05) is 17.7 Å². The summed E-state index contributed by atoms with van der Waals surface area (Å²) in [4.78, 5) is 17.9. The second-order valence-corrected chi connectivity index (χ2v) is 5.73. The minimum absolute atomic E-state index is 0.0332. The number of nitrogens with one attached hydrogen (secondary N) is 1. The predicted octanol–water partition coefficient (Wildman–Crippen LogP) is 0.454. The van der Waals surface area contributed by atoms with Crippen LogP contribution in [0.3, 0.4) is 0 Å². The van der Waals surface area contributed by atoms with Crippen LogP contribution in [-0.2, 0) is 42.3 Å². The maximum atomic E-state index is 11.3. The molecule has 9 heteroatoms. The van der Waals surface area contributed by atoms with Crippen molar-refractivity contribution >= 4 is 5.91 Å². The molecule has 0 aromatic carbocycles. The lowest BCUT2D eigenvalue weighted by Crippen LogP contribution is -2.33. The molecule has 1 amide bonds. The van der Waals surface area contributed by atoms with Gasteiger partial charge in [0, 0.05) is 26.6 Å². The van der Waals surface area contributed by atoms with Crippen LogP contribution in [-0.4, -0.2) is 44.4 Å². The lowest BCUT2D eigenvalue weighted by atomic mass is 10.2. The molecule has 0 atom stereocenters. The molecule has 1 N–H and O–H groups in total. The summed E-state index contributed by atoms with van der Waals surface area (Å²) in [6.45, 7) is 5.68. The summed E-state index contributed by atoms with van der Waals surface area (Å²) >= 11 is 0. The fourth-order valence-corrected chi connectivity index (χ4v) is 2.65. The van der Waals surface area contributed by atoms with Gasteiger partial charge in [0.05, 0.1) is 31.0 Å². The zero-order chi connectivity index (χ0) is 16.9. The molecule has 24 heavy (non-hydrogen) atoms. The number of carbonyl (C=O) groups is 1. The molecule has 2 aromatic heterocycles. The van der Waals surface area contributed by atoms with Crippen molar-refractivity contribution in [2.75, 3.05) is 13.7 Å². The Hall–Kier alpha value is -2.26. The van der Waals surface area contributed by atoms with Gasteiger partial charge in [0.25, 0.3) is 0 Å². The smallest absolute Gasteiger partial charge is 0.240 e. The number of ether oxygens (including phenoxy) is 1. The highest BCUT2D eigenvalue weighted by atomic mass is 16.5. The molecule has 3 heterocycles. The van der Waals surface area contributed by atoms with Crippen molar-refractivity contribution in [1.29, 1.82) is 0 Å². The number of rotatable bonds is 7. The summed E-state index contributed by atoms with van der Waals surface area (Å²) < 4.78 is 12.2. The number of fused-ring (bicyclic) bond motifs is 1. The minimum atomic E-state index is 0.0332. The number of hydrogen-bond acceptors (Lipinski definition) is 7. The first-order chi connectivity index (χ1) is 11.7. The van der Waals surface area contributed by atoms with Gasteiger partial charge in [0.1, 0.15) is 6.61 Å². The highest BCUT2D eigenvalue weighted by Crippen LogP contribution is 2.16. The van der Waals surface area contributed by atoms with E-state index in [4.69, 9.17) is 9.26 Å². The van der Waals surface area contributed by atoms with Crippen LogP contribution in [0.2, 0.25) is 0 Å². The maximum Gasteiger partial charge on any atom is 0.240 e. The Morgan fingerprint density at radius 1 is 1.46 bits per heavy atom. The summed E-state index contributed by atoms with van der Waals surface area (Å²) in [5.41, 5.74) is 2.01. The normalized spacial score (nSPS) is 14.6. The predicted molar refractivity (Wildman–Crippen MR) is 83.5 cm³/mol. The van der Waals surface area contributed by atoms with Gasteiger partial charge >= 0.3 is 0 Å². The highest BCUT2D eigenvalue weighted by molar-refractivity contribution is 5.75. The number of amides is 1. The fourth-order valence-electron chi connectivity index (χ4n) is 2.65. The van der Waals surface area contributed by atoms with Crippen LogP contribution in [0.15, 0.2) is 10.6 Å². The van der Waals surface area contributed by atoms with Crippen LogP contribution < -0.4 is 5.32 Å². The molecule has 0 unspecified atom stereocenters. The molecule has 9 nitrogen and oxygen atoms in total. The van der Waals surface area contributed by atoms with Gasteiger partial charge in [0.2, 0.25) is 11.8 Å². The molecule has 1 aliphatic heterocycles. The van der Waals surface area contributed by atoms with Crippen LogP contribution in [0.25, 0.3) is 0 Å². The third kappa shape index (κ3) is 3.98. The van der Waals surface area contributed by atoms with E-state index in [0.717, 1.165) is 31.0 Å². The first-order valence-electron chi connectivity index (χ1n) is 8.03. The number of methoxy groups -OCH3 is 1. The molecular weight excluding hydrogens is 312 g/mol. The molecule has 0 fully saturated rings. The molecule has 2 aromatic rings. The van der Waals surface area contributed by atoms with Gasteiger partial charge < -0.3 is 14.6 Å². The largest absolute Gasteiger partial charge is 0.377 e. The van der Waals surface area contributed by atoms with Crippen molar-refractivity contribution in [3.05, 3.63) is 29.2 Å². The number of nitrogens with zero attached hydrogens (tertiary/aromatic N) is 5. The average molecular weight is 334 g/mol. The van der Waals surface area contributed by atoms with E-state index >= 15 is 0 Å². The minimum Gasteiger partial charge on any atom is -0.377 e. The van der Waals surface area contributed by atoms with Crippen LogP contribution in [0.5, 0.6) is 0 Å². The average Bonchev–Trinajstić information content (AvgIpc) is 3.19. The van der Waals surface area contributed by atoms with Gasteiger partial charge in [-0.25, -0.2) is 0 Å². The van der Waals surface area contributed by atoms with Crippen LogP contribution in [0.4, 0.5) is 0 Å². The van der Waals surface area contributed by atoms with Gasteiger partial charge in [-0.3, -0.25) is 14.4 Å². The Kier molecular flexibility index (Phi) is 5.21. The van der Waals surface area contributed by atoms with Gasteiger partial charge in [0.15, 0.2) is 5.82 Å². The van der Waals surface area contributed by atoms with E-state index in [-0.39, 0.29) is 5.91 Å². The van der Waals surface area contributed by atoms with Crippen molar-refractivity contribution in [1.82, 2.24) is 30.1 Å². The second-order valence-electron chi connectivity index (χ2n) is 5.73. The molecule has 0 saturated carbocycles. The lowest BCUT2D eigenvalue weighted by Gasteiger charge is -2.25. The summed E-state index contributed by atoms with van der Waals surface area (Å²) in [5, 5.41) is 11.3.